The molecule has 4 rings (SSSR count). The van der Waals surface area contributed by atoms with E-state index in [1.54, 1.807) is 0 Å². The van der Waals surface area contributed by atoms with Gasteiger partial charge in [0.15, 0.2) is 0 Å². The normalized spacial score (nSPS) is 20.8. The van der Waals surface area contributed by atoms with Crippen molar-refractivity contribution in [3.05, 3.63) is 70.3 Å². The Labute approximate surface area is 186 Å². The van der Waals surface area contributed by atoms with Crippen molar-refractivity contribution in [2.45, 2.75) is 25.9 Å². The quantitative estimate of drug-likeness (QED) is 0.486. The van der Waals surface area contributed by atoms with E-state index < -0.39 is 17.6 Å². The number of nitrogens with one attached hydrogen (secondary N) is 1. The molecular weight excluding hydrogens is 445 g/mol. The largest absolute Gasteiger partial charge is 0.416 e. The summed E-state index contributed by atoms with van der Waals surface area (Å²) in [7, 11) is 0. The maximum Gasteiger partial charge on any atom is 0.416 e. The van der Waals surface area contributed by atoms with Crippen molar-refractivity contribution in [2.24, 2.45) is 11.8 Å². The van der Waals surface area contributed by atoms with Gasteiger partial charge < -0.3 is 5.32 Å². The van der Waals surface area contributed by atoms with Gasteiger partial charge in [0.1, 0.15) is 0 Å². The van der Waals surface area contributed by atoms with Crippen LogP contribution in [0.25, 0.3) is 0 Å². The molecule has 0 bridgehead atoms. The van der Waals surface area contributed by atoms with E-state index in [0.717, 1.165) is 28.7 Å². The summed E-state index contributed by atoms with van der Waals surface area (Å²) in [5.41, 5.74) is 0.448. The van der Waals surface area contributed by atoms with Crippen LogP contribution in [-0.4, -0.2) is 17.7 Å². The van der Waals surface area contributed by atoms with Gasteiger partial charge in [-0.3, -0.25) is 19.3 Å². The topological polar surface area (TPSA) is 66.5 Å². The van der Waals surface area contributed by atoms with E-state index >= 15 is 0 Å². The minimum atomic E-state index is -4.58. The zero-order valence-electron chi connectivity index (χ0n) is 16.9. The number of anilines is 2. The average Bonchev–Trinajstić information content (AvgIpc) is 2.98. The van der Waals surface area contributed by atoms with Crippen LogP contribution in [0.15, 0.2) is 54.1 Å². The monoisotopic (exact) mass is 462 g/mol. The second kappa shape index (κ2) is 8.09. The molecule has 2 atom stereocenters. The van der Waals surface area contributed by atoms with Gasteiger partial charge in [-0.05, 0) is 62.2 Å². The minimum absolute atomic E-state index is 0.0391. The summed E-state index contributed by atoms with van der Waals surface area (Å²) in [4.78, 5) is 39.2. The molecule has 3 amide bonds. The smallest absolute Gasteiger partial charge is 0.321 e. The molecule has 2 aromatic rings. The number of halogens is 4. The van der Waals surface area contributed by atoms with Gasteiger partial charge in [-0.1, -0.05) is 23.3 Å². The fourth-order valence-electron chi connectivity index (χ4n) is 4.05. The first-order valence-electron chi connectivity index (χ1n) is 9.88. The lowest BCUT2D eigenvalue weighted by Gasteiger charge is -2.18. The zero-order valence-corrected chi connectivity index (χ0v) is 17.6. The maximum atomic E-state index is 12.9. The van der Waals surface area contributed by atoms with Crippen molar-refractivity contribution >= 4 is 40.7 Å². The Kier molecular flexibility index (Phi) is 5.58. The van der Waals surface area contributed by atoms with Crippen molar-refractivity contribution in [3.63, 3.8) is 0 Å². The number of benzene rings is 2. The highest BCUT2D eigenvalue weighted by atomic mass is 35.5. The van der Waals surface area contributed by atoms with E-state index in [0.29, 0.717) is 18.5 Å². The lowest BCUT2D eigenvalue weighted by molar-refractivity contribution is -0.137. The van der Waals surface area contributed by atoms with Crippen LogP contribution in [0.1, 0.15) is 35.7 Å². The molecule has 166 valence electrons. The first kappa shape index (κ1) is 22.1. The summed E-state index contributed by atoms with van der Waals surface area (Å²) < 4.78 is 38.8. The summed E-state index contributed by atoms with van der Waals surface area (Å²) in [6.45, 7) is 1.93. The van der Waals surface area contributed by atoms with Crippen LogP contribution >= 0.6 is 11.6 Å². The molecule has 0 aromatic heterocycles. The number of allylic oxidation sites excluding steroid dienone is 2. The van der Waals surface area contributed by atoms with Crippen LogP contribution < -0.4 is 10.2 Å². The van der Waals surface area contributed by atoms with Gasteiger partial charge >= 0.3 is 6.18 Å². The minimum Gasteiger partial charge on any atom is -0.321 e. The van der Waals surface area contributed by atoms with Crippen molar-refractivity contribution in [1.82, 2.24) is 0 Å². The molecule has 0 unspecified atom stereocenters. The summed E-state index contributed by atoms with van der Waals surface area (Å²) in [6, 6.07) is 8.38. The second-order valence-corrected chi connectivity index (χ2v) is 8.32. The van der Waals surface area contributed by atoms with Crippen molar-refractivity contribution in [1.29, 1.82) is 0 Å². The van der Waals surface area contributed by atoms with Crippen molar-refractivity contribution < 1.29 is 27.6 Å². The van der Waals surface area contributed by atoms with Crippen LogP contribution in [0, 0.1) is 11.8 Å². The van der Waals surface area contributed by atoms with Gasteiger partial charge in [0.25, 0.3) is 5.91 Å². The molecule has 1 aliphatic carbocycles. The van der Waals surface area contributed by atoms with Crippen LogP contribution in [0.5, 0.6) is 0 Å². The highest BCUT2D eigenvalue weighted by molar-refractivity contribution is 6.34. The van der Waals surface area contributed by atoms with Crippen LogP contribution in [0.2, 0.25) is 5.02 Å². The molecule has 1 aliphatic heterocycles. The number of nitrogens with zero attached hydrogens (tertiary/aromatic N) is 1. The number of carbonyl (C=O) groups is 3. The molecule has 1 heterocycles. The third-order valence-corrected chi connectivity index (χ3v) is 6.08. The van der Waals surface area contributed by atoms with Gasteiger partial charge in [-0.15, -0.1) is 0 Å². The molecule has 1 fully saturated rings. The van der Waals surface area contributed by atoms with Gasteiger partial charge in [0.2, 0.25) is 11.8 Å². The Balaban J connectivity index is 1.52. The van der Waals surface area contributed by atoms with Crippen molar-refractivity contribution in [3.8, 4) is 0 Å². The highest BCUT2D eigenvalue weighted by Crippen LogP contribution is 2.40. The first-order valence-corrected chi connectivity index (χ1v) is 10.3. The predicted molar refractivity (Wildman–Crippen MR) is 113 cm³/mol. The molecular formula is C23H18ClF3N2O3. The molecule has 5 nitrogen and oxygen atoms in total. The number of amides is 3. The van der Waals surface area contributed by atoms with E-state index in [9.17, 15) is 27.6 Å². The molecule has 9 heteroatoms. The number of rotatable bonds is 3. The van der Waals surface area contributed by atoms with Crippen LogP contribution in [0.3, 0.4) is 0 Å². The highest BCUT2D eigenvalue weighted by Gasteiger charge is 2.48. The molecule has 1 saturated heterocycles. The Morgan fingerprint density at radius 2 is 1.72 bits per heavy atom. The zero-order chi connectivity index (χ0) is 23.2. The predicted octanol–water partition coefficient (Wildman–Crippen LogP) is 5.46. The van der Waals surface area contributed by atoms with E-state index in [4.69, 9.17) is 11.6 Å². The second-order valence-electron chi connectivity index (χ2n) is 7.91. The Morgan fingerprint density at radius 3 is 2.38 bits per heavy atom. The van der Waals surface area contributed by atoms with Crippen LogP contribution in [0.4, 0.5) is 24.5 Å². The molecule has 1 N–H and O–H groups in total. The van der Waals surface area contributed by atoms with Gasteiger partial charge in [0.05, 0.1) is 33.8 Å². The molecule has 0 saturated carbocycles. The SMILES string of the molecule is CC1=CC[C@@H]2C(=O)N(c3ccc(C(=O)Nc4cc(C(F)(F)F)ccc4Cl)cc3)C(=O)[C@H]2C1. The fraction of sp³-hybridized carbons (Fsp3) is 0.261. The lowest BCUT2D eigenvalue weighted by Crippen LogP contribution is -2.30. The van der Waals surface area contributed by atoms with E-state index in [1.165, 1.54) is 24.3 Å². The van der Waals surface area contributed by atoms with E-state index in [2.05, 4.69) is 5.32 Å². The maximum absolute atomic E-state index is 12.9. The number of fused-ring (bicyclic) bond motifs is 1. The van der Waals surface area contributed by atoms with E-state index in [1.807, 2.05) is 13.0 Å². The third-order valence-electron chi connectivity index (χ3n) is 5.75. The average molecular weight is 463 g/mol. The summed E-state index contributed by atoms with van der Waals surface area (Å²) >= 11 is 5.92. The standard InChI is InChI=1S/C23H18ClF3N2O3/c1-12-2-8-16-17(10-12)22(32)29(21(16)31)15-6-3-13(4-7-15)20(30)28-19-11-14(23(25,26)27)5-9-18(19)24/h2-7,9,11,16-17H,8,10H2,1H3,(H,28,30)/t16-,17-/m0/s1. The van der Waals surface area contributed by atoms with E-state index in [-0.39, 0.29) is 39.9 Å². The molecule has 0 spiro atoms. The molecule has 32 heavy (non-hydrogen) atoms. The number of alkyl halides is 3. The first-order chi connectivity index (χ1) is 15.1. The van der Waals surface area contributed by atoms with Crippen molar-refractivity contribution in [2.75, 3.05) is 10.2 Å². The Hall–Kier alpha value is -3.13. The fourth-order valence-corrected chi connectivity index (χ4v) is 4.21. The summed E-state index contributed by atoms with van der Waals surface area (Å²) in [5, 5.41) is 2.33. The third kappa shape index (κ3) is 4.02. The Bertz CT molecular complexity index is 1140. The molecule has 2 aromatic carbocycles. The number of carbonyl (C=O) groups excluding carboxylic acids is 3. The van der Waals surface area contributed by atoms with Gasteiger partial charge in [-0.2, -0.15) is 13.2 Å². The Morgan fingerprint density at radius 1 is 1.06 bits per heavy atom. The van der Waals surface area contributed by atoms with Crippen LogP contribution in [-0.2, 0) is 15.8 Å². The summed E-state index contributed by atoms with van der Waals surface area (Å²) in [6.07, 6.45) is -1.53. The molecule has 2 aliphatic rings. The summed E-state index contributed by atoms with van der Waals surface area (Å²) in [5.74, 6) is -1.96. The number of imide groups is 1. The lowest BCUT2D eigenvalue weighted by atomic mass is 9.82. The van der Waals surface area contributed by atoms with Gasteiger partial charge in [0, 0.05) is 5.56 Å². The number of hydrogen-bond donors (Lipinski definition) is 1. The number of hydrogen-bond acceptors (Lipinski definition) is 3. The molecule has 0 radical (unpaired) electrons. The van der Waals surface area contributed by atoms with Gasteiger partial charge in [-0.25, -0.2) is 0 Å².